The van der Waals surface area contributed by atoms with Crippen LogP contribution in [-0.4, -0.2) is 53.6 Å². The summed E-state index contributed by atoms with van der Waals surface area (Å²) in [6.07, 6.45) is 0. The minimum absolute atomic E-state index is 0. The first-order valence-electron chi connectivity index (χ1n) is 14.6. The van der Waals surface area contributed by atoms with Gasteiger partial charge in [-0.15, -0.1) is 5.75 Å². The molecular weight excluding hydrogens is 640 g/mol. The summed E-state index contributed by atoms with van der Waals surface area (Å²) in [7, 11) is -7.50. The molecule has 0 aromatic heterocycles. The zero-order valence-electron chi connectivity index (χ0n) is 29.8. The molecule has 256 valence electrons. The van der Waals surface area contributed by atoms with Crippen molar-refractivity contribution in [1.82, 2.24) is 0 Å². The monoisotopic (exact) mass is 700 g/mol. The second-order valence-electron chi connectivity index (χ2n) is 12.7. The van der Waals surface area contributed by atoms with Crippen LogP contribution < -0.4 is 39.4 Å². The maximum absolute atomic E-state index is 11.9. The van der Waals surface area contributed by atoms with Crippen LogP contribution in [0.3, 0.4) is 0 Å². The summed E-state index contributed by atoms with van der Waals surface area (Å²) >= 11 is 0. The predicted molar refractivity (Wildman–Crippen MR) is 187 cm³/mol. The molecule has 0 saturated heterocycles. The topological polar surface area (TPSA) is 111 Å². The third-order valence-electron chi connectivity index (χ3n) is 5.93. The van der Waals surface area contributed by atoms with Crippen LogP contribution in [0.5, 0.6) is 11.5 Å². The predicted octanol–water partition coefficient (Wildman–Crippen LogP) is 7.52. The Kier molecular flexibility index (Phi) is 24.3. The van der Waals surface area contributed by atoms with Crippen molar-refractivity contribution in [3.8, 4) is 11.5 Å². The van der Waals surface area contributed by atoms with Gasteiger partial charge in [0.05, 0.1) is 0 Å². The summed E-state index contributed by atoms with van der Waals surface area (Å²) < 4.78 is 53.9. The number of ether oxygens (including phenoxy) is 1. The Hall–Kier alpha value is -0.390. The van der Waals surface area contributed by atoms with Gasteiger partial charge in [0.2, 0.25) is 0 Å². The van der Waals surface area contributed by atoms with Crippen LogP contribution in [0.25, 0.3) is 0 Å². The van der Waals surface area contributed by atoms with E-state index in [1.165, 1.54) is 26.7 Å². The Labute approximate surface area is 297 Å². The summed E-state index contributed by atoms with van der Waals surface area (Å²) in [5.74, 6) is 2.51. The molecule has 0 N–H and O–H groups in total. The first-order valence-corrected chi connectivity index (χ1v) is 22.2. The summed E-state index contributed by atoms with van der Waals surface area (Å²) in [5.41, 5.74) is 4.20. The Morgan fingerprint density at radius 2 is 0.822 bits per heavy atom. The van der Waals surface area contributed by atoms with Crippen molar-refractivity contribution in [2.45, 2.75) is 86.5 Å². The molecule has 0 unspecified atom stereocenters. The first kappa shape index (κ1) is 49.0. The maximum atomic E-state index is 11.9. The van der Waals surface area contributed by atoms with E-state index in [2.05, 4.69) is 73.6 Å². The van der Waals surface area contributed by atoms with Crippen molar-refractivity contribution in [1.29, 1.82) is 0 Å². The van der Waals surface area contributed by atoms with Gasteiger partial charge in [0, 0.05) is 40.0 Å². The SMILES string of the molecule is C.CC(C)c1cccc(C(C)C)c1OCOP(C)(C)=O.CC(C)c1cccc(C(C)C)c1[O-].CP(C)(=O)OCOP(C)(C)=O.[Na+]. The van der Waals surface area contributed by atoms with Crippen molar-refractivity contribution >= 4 is 22.1 Å². The molecule has 0 aliphatic carbocycles. The minimum Gasteiger partial charge on any atom is -0.872 e. The van der Waals surface area contributed by atoms with E-state index in [0.29, 0.717) is 23.7 Å². The van der Waals surface area contributed by atoms with Gasteiger partial charge in [-0.3, -0.25) is 18.2 Å². The van der Waals surface area contributed by atoms with Gasteiger partial charge in [0.15, 0.2) is 35.7 Å². The van der Waals surface area contributed by atoms with Crippen molar-refractivity contribution < 1.29 is 66.7 Å². The molecule has 0 bridgehead atoms. The van der Waals surface area contributed by atoms with E-state index in [4.69, 9.17) is 18.3 Å². The van der Waals surface area contributed by atoms with E-state index in [-0.39, 0.29) is 56.3 Å². The third kappa shape index (κ3) is 22.0. The number of benzene rings is 2. The van der Waals surface area contributed by atoms with Crippen LogP contribution in [0.4, 0.5) is 0 Å². The quantitative estimate of drug-likeness (QED) is 0.127. The second kappa shape index (κ2) is 22.3. The molecule has 0 saturated carbocycles. The van der Waals surface area contributed by atoms with Crippen molar-refractivity contribution in [3.63, 3.8) is 0 Å². The van der Waals surface area contributed by atoms with Crippen molar-refractivity contribution in [2.24, 2.45) is 0 Å². The number of hydrogen-bond donors (Lipinski definition) is 0. The Morgan fingerprint density at radius 3 is 1.09 bits per heavy atom. The Balaban J connectivity index is -0.000000601. The van der Waals surface area contributed by atoms with Gasteiger partial charge in [-0.1, -0.05) is 110 Å². The van der Waals surface area contributed by atoms with Crippen molar-refractivity contribution in [2.75, 3.05) is 53.6 Å². The Morgan fingerprint density at radius 1 is 0.556 bits per heavy atom. The number of para-hydroxylation sites is 2. The van der Waals surface area contributed by atoms with Crippen LogP contribution in [0.15, 0.2) is 36.4 Å². The number of rotatable bonds is 12. The molecule has 2 aromatic carbocycles. The first-order chi connectivity index (χ1) is 19.5. The number of hydrogen-bond acceptors (Lipinski definition) is 8. The van der Waals surface area contributed by atoms with Gasteiger partial charge < -0.3 is 18.9 Å². The fraction of sp³-hybridized carbons (Fsp3) is 0.636. The molecule has 0 heterocycles. The molecule has 0 radical (unpaired) electrons. The van der Waals surface area contributed by atoms with Crippen LogP contribution >= 0.6 is 22.1 Å². The Bertz CT molecular complexity index is 1190. The molecule has 2 aromatic rings. The average molecular weight is 701 g/mol. The molecule has 2 rings (SSSR count). The normalized spacial score (nSPS) is 11.7. The van der Waals surface area contributed by atoms with Gasteiger partial charge >= 0.3 is 29.6 Å². The third-order valence-corrected chi connectivity index (χ3v) is 8.12. The van der Waals surface area contributed by atoms with Gasteiger partial charge in [0.25, 0.3) is 0 Å². The standard InChI is InChI=1S/C15H25O3P.C12H18O.C5H14O4P2.CH4.Na/c1-11(2)13-8-7-9-14(12(3)4)15(13)17-10-18-19(5,6)16;1-8(2)10-6-5-7-11(9(3)4)12(10)13;1-10(2,6)8-5-9-11(3,4)7;;/h7-9,11-12H,10H2,1-6H3;5-9,13H,1-4H3;5H2,1-4H3;1H4;/q;;;;+1/p-1. The molecule has 0 spiro atoms. The van der Waals surface area contributed by atoms with Crippen LogP contribution in [0.2, 0.25) is 0 Å². The summed E-state index contributed by atoms with van der Waals surface area (Å²) in [6, 6.07) is 12.0. The molecule has 12 heteroatoms. The van der Waals surface area contributed by atoms with Gasteiger partial charge in [-0.2, -0.15) is 0 Å². The molecule has 0 fully saturated rings. The summed E-state index contributed by atoms with van der Waals surface area (Å²) in [6.45, 7) is 25.7. The van der Waals surface area contributed by atoms with Gasteiger partial charge in [-0.25, -0.2) is 0 Å². The van der Waals surface area contributed by atoms with E-state index >= 15 is 0 Å². The zero-order chi connectivity index (χ0) is 33.8. The summed E-state index contributed by atoms with van der Waals surface area (Å²) in [5, 5.41) is 11.9. The van der Waals surface area contributed by atoms with Crippen LogP contribution in [-0.2, 0) is 27.3 Å². The van der Waals surface area contributed by atoms with E-state index in [9.17, 15) is 18.8 Å². The van der Waals surface area contributed by atoms with Crippen LogP contribution in [0.1, 0.15) is 109 Å². The molecule has 0 aliphatic heterocycles. The largest absolute Gasteiger partial charge is 1.00 e. The van der Waals surface area contributed by atoms with E-state index in [1.807, 2.05) is 18.2 Å². The van der Waals surface area contributed by atoms with E-state index < -0.39 is 22.1 Å². The molecular formula is C33H60NaO8P3. The minimum atomic E-state index is -2.51. The average Bonchev–Trinajstić information content (AvgIpc) is 2.82. The van der Waals surface area contributed by atoms with E-state index in [0.717, 1.165) is 28.0 Å². The zero-order valence-corrected chi connectivity index (χ0v) is 34.5. The fourth-order valence-corrected chi connectivity index (χ4v) is 4.62. The van der Waals surface area contributed by atoms with Crippen molar-refractivity contribution in [3.05, 3.63) is 58.7 Å². The van der Waals surface area contributed by atoms with Crippen LogP contribution in [0, 0.1) is 0 Å². The van der Waals surface area contributed by atoms with E-state index in [1.54, 1.807) is 13.3 Å². The second-order valence-corrected chi connectivity index (χ2v) is 21.0. The molecule has 0 aliphatic rings. The molecule has 0 atom stereocenters. The summed E-state index contributed by atoms with van der Waals surface area (Å²) in [4.78, 5) is 0. The van der Waals surface area contributed by atoms with Gasteiger partial charge in [0.1, 0.15) is 5.75 Å². The molecule has 45 heavy (non-hydrogen) atoms. The molecule has 8 nitrogen and oxygen atoms in total. The maximum Gasteiger partial charge on any atom is 1.00 e. The fourth-order valence-electron chi connectivity index (χ4n) is 3.62. The molecule has 0 amide bonds. The smallest absolute Gasteiger partial charge is 0.872 e. The van der Waals surface area contributed by atoms with Gasteiger partial charge in [-0.05, 0) is 34.8 Å².